The lowest BCUT2D eigenvalue weighted by Crippen LogP contribution is -2.17. The highest BCUT2D eigenvalue weighted by Crippen LogP contribution is 2.26. The first-order valence-corrected chi connectivity index (χ1v) is 5.05. The molecule has 0 bridgehead atoms. The van der Waals surface area contributed by atoms with Gasteiger partial charge in [0.25, 0.3) is 5.56 Å². The third kappa shape index (κ3) is 2.13. The standard InChI is InChI=1S/C10H15N3O/c1-7-2-3-8(4-7)12-9-5-10(14)13-11-6-9/h5-8H,2-4H2,1H3,(H2,12,13,14). The SMILES string of the molecule is CC1CCC(Nc2cn[nH]c(=O)c2)C1. The summed E-state index contributed by atoms with van der Waals surface area (Å²) < 4.78 is 0. The topological polar surface area (TPSA) is 57.8 Å². The van der Waals surface area contributed by atoms with Gasteiger partial charge in [0.05, 0.1) is 11.9 Å². The fourth-order valence-electron chi connectivity index (χ4n) is 2.03. The largest absolute Gasteiger partial charge is 0.381 e. The molecule has 1 aromatic heterocycles. The van der Waals surface area contributed by atoms with Gasteiger partial charge in [-0.1, -0.05) is 6.92 Å². The van der Waals surface area contributed by atoms with Gasteiger partial charge in [0.15, 0.2) is 0 Å². The van der Waals surface area contributed by atoms with Crippen molar-refractivity contribution in [2.75, 3.05) is 5.32 Å². The van der Waals surface area contributed by atoms with Gasteiger partial charge in [0.2, 0.25) is 0 Å². The maximum absolute atomic E-state index is 11.0. The molecule has 0 radical (unpaired) electrons. The third-order valence-electron chi connectivity index (χ3n) is 2.73. The van der Waals surface area contributed by atoms with Crippen LogP contribution in [0.4, 0.5) is 5.69 Å². The van der Waals surface area contributed by atoms with Crippen molar-refractivity contribution in [2.45, 2.75) is 32.2 Å². The molecule has 1 saturated carbocycles. The number of nitrogens with zero attached hydrogens (tertiary/aromatic N) is 1. The fourth-order valence-corrected chi connectivity index (χ4v) is 2.03. The monoisotopic (exact) mass is 193 g/mol. The molecule has 1 aromatic rings. The Morgan fingerprint density at radius 2 is 2.43 bits per heavy atom. The average molecular weight is 193 g/mol. The molecule has 0 aliphatic heterocycles. The lowest BCUT2D eigenvalue weighted by molar-refractivity contribution is 0.602. The number of aromatic amines is 1. The van der Waals surface area contributed by atoms with E-state index in [1.165, 1.54) is 19.3 Å². The smallest absolute Gasteiger partial charge is 0.266 e. The second kappa shape index (κ2) is 3.82. The molecule has 0 saturated heterocycles. The summed E-state index contributed by atoms with van der Waals surface area (Å²) in [6, 6.07) is 2.06. The van der Waals surface area contributed by atoms with Crippen LogP contribution in [0.5, 0.6) is 0 Å². The minimum absolute atomic E-state index is 0.152. The first-order chi connectivity index (χ1) is 6.74. The van der Waals surface area contributed by atoms with Crippen molar-refractivity contribution in [3.63, 3.8) is 0 Å². The van der Waals surface area contributed by atoms with Crippen LogP contribution in [0.3, 0.4) is 0 Å². The van der Waals surface area contributed by atoms with Crippen LogP contribution in [0.15, 0.2) is 17.1 Å². The third-order valence-corrected chi connectivity index (χ3v) is 2.73. The van der Waals surface area contributed by atoms with E-state index in [0.29, 0.717) is 6.04 Å². The summed E-state index contributed by atoms with van der Waals surface area (Å²) in [5, 5.41) is 9.43. The lowest BCUT2D eigenvalue weighted by Gasteiger charge is -2.12. The summed E-state index contributed by atoms with van der Waals surface area (Å²) in [5.74, 6) is 0.794. The fraction of sp³-hybridized carbons (Fsp3) is 0.600. The van der Waals surface area contributed by atoms with E-state index < -0.39 is 0 Å². The van der Waals surface area contributed by atoms with E-state index in [-0.39, 0.29) is 5.56 Å². The summed E-state index contributed by atoms with van der Waals surface area (Å²) in [6.07, 6.45) is 5.30. The summed E-state index contributed by atoms with van der Waals surface area (Å²) in [4.78, 5) is 11.0. The molecular formula is C10H15N3O. The molecule has 4 nitrogen and oxygen atoms in total. The van der Waals surface area contributed by atoms with Crippen LogP contribution in [-0.4, -0.2) is 16.2 Å². The molecule has 2 rings (SSSR count). The van der Waals surface area contributed by atoms with Crippen molar-refractivity contribution in [2.24, 2.45) is 5.92 Å². The van der Waals surface area contributed by atoms with Crippen molar-refractivity contribution in [1.82, 2.24) is 10.2 Å². The number of hydrogen-bond donors (Lipinski definition) is 2. The van der Waals surface area contributed by atoms with E-state index in [1.807, 2.05) is 0 Å². The van der Waals surface area contributed by atoms with Crippen molar-refractivity contribution >= 4 is 5.69 Å². The van der Waals surface area contributed by atoms with Gasteiger partial charge < -0.3 is 5.32 Å². The molecule has 1 aliphatic rings. The summed E-state index contributed by atoms with van der Waals surface area (Å²) >= 11 is 0. The number of nitrogens with one attached hydrogen (secondary N) is 2. The molecule has 76 valence electrons. The summed E-state index contributed by atoms with van der Waals surface area (Å²) in [6.45, 7) is 2.26. The Labute approximate surface area is 82.7 Å². The Bertz CT molecular complexity index is 360. The molecule has 1 aliphatic carbocycles. The second-order valence-electron chi connectivity index (χ2n) is 4.09. The van der Waals surface area contributed by atoms with E-state index in [2.05, 4.69) is 22.4 Å². The van der Waals surface area contributed by atoms with Gasteiger partial charge >= 0.3 is 0 Å². The van der Waals surface area contributed by atoms with E-state index in [9.17, 15) is 4.79 Å². The summed E-state index contributed by atoms with van der Waals surface area (Å²) in [5.41, 5.74) is 0.675. The summed E-state index contributed by atoms with van der Waals surface area (Å²) in [7, 11) is 0. The van der Waals surface area contributed by atoms with Gasteiger partial charge in [-0.2, -0.15) is 5.10 Å². The van der Waals surface area contributed by atoms with Crippen LogP contribution in [-0.2, 0) is 0 Å². The lowest BCUT2D eigenvalue weighted by atomic mass is 10.1. The predicted molar refractivity (Wildman–Crippen MR) is 55.3 cm³/mol. The zero-order valence-corrected chi connectivity index (χ0v) is 8.29. The maximum atomic E-state index is 11.0. The van der Waals surface area contributed by atoms with Crippen LogP contribution >= 0.6 is 0 Å². The zero-order chi connectivity index (χ0) is 9.97. The molecule has 2 unspecified atom stereocenters. The van der Waals surface area contributed by atoms with Gasteiger partial charge in [-0.25, -0.2) is 5.10 Å². The highest BCUT2D eigenvalue weighted by molar-refractivity contribution is 5.39. The van der Waals surface area contributed by atoms with Crippen molar-refractivity contribution in [3.8, 4) is 0 Å². The molecule has 1 heterocycles. The Morgan fingerprint density at radius 3 is 3.07 bits per heavy atom. The zero-order valence-electron chi connectivity index (χ0n) is 8.29. The second-order valence-corrected chi connectivity index (χ2v) is 4.09. The number of aromatic nitrogens is 2. The molecule has 14 heavy (non-hydrogen) atoms. The molecule has 1 fully saturated rings. The average Bonchev–Trinajstić information content (AvgIpc) is 2.51. The normalized spacial score (nSPS) is 26.4. The van der Waals surface area contributed by atoms with Crippen molar-refractivity contribution < 1.29 is 0 Å². The number of rotatable bonds is 2. The van der Waals surface area contributed by atoms with Crippen LogP contribution in [0.2, 0.25) is 0 Å². The van der Waals surface area contributed by atoms with Crippen LogP contribution in [0.25, 0.3) is 0 Å². The van der Waals surface area contributed by atoms with E-state index >= 15 is 0 Å². The van der Waals surface area contributed by atoms with E-state index in [4.69, 9.17) is 0 Å². The predicted octanol–water partition coefficient (Wildman–Crippen LogP) is 1.37. The van der Waals surface area contributed by atoms with Gasteiger partial charge in [-0.3, -0.25) is 4.79 Å². The highest BCUT2D eigenvalue weighted by atomic mass is 16.1. The molecule has 0 aromatic carbocycles. The van der Waals surface area contributed by atoms with E-state index in [1.54, 1.807) is 12.3 Å². The number of hydrogen-bond acceptors (Lipinski definition) is 3. The van der Waals surface area contributed by atoms with Gasteiger partial charge in [0, 0.05) is 12.1 Å². The minimum atomic E-state index is -0.152. The van der Waals surface area contributed by atoms with Gasteiger partial charge in [-0.05, 0) is 25.2 Å². The quantitative estimate of drug-likeness (QED) is 0.745. The molecule has 2 atom stereocenters. The van der Waals surface area contributed by atoms with Crippen molar-refractivity contribution in [1.29, 1.82) is 0 Å². The van der Waals surface area contributed by atoms with Crippen molar-refractivity contribution in [3.05, 3.63) is 22.6 Å². The first kappa shape index (κ1) is 9.24. The highest BCUT2D eigenvalue weighted by Gasteiger charge is 2.20. The molecule has 4 heteroatoms. The van der Waals surface area contributed by atoms with Gasteiger partial charge in [-0.15, -0.1) is 0 Å². The number of anilines is 1. The molecular weight excluding hydrogens is 178 g/mol. The van der Waals surface area contributed by atoms with E-state index in [0.717, 1.165) is 11.6 Å². The minimum Gasteiger partial charge on any atom is -0.381 e. The molecule has 2 N–H and O–H groups in total. The Kier molecular flexibility index (Phi) is 2.52. The Morgan fingerprint density at radius 1 is 1.57 bits per heavy atom. The van der Waals surface area contributed by atoms with Crippen LogP contribution < -0.4 is 10.9 Å². The molecule has 0 amide bonds. The first-order valence-electron chi connectivity index (χ1n) is 5.05. The Balaban J connectivity index is 2.01. The molecule has 0 spiro atoms. The number of H-pyrrole nitrogens is 1. The maximum Gasteiger partial charge on any atom is 0.266 e. The Hall–Kier alpha value is -1.32. The van der Waals surface area contributed by atoms with Crippen LogP contribution in [0, 0.1) is 5.92 Å². The van der Waals surface area contributed by atoms with Gasteiger partial charge in [0.1, 0.15) is 0 Å². The van der Waals surface area contributed by atoms with Crippen LogP contribution in [0.1, 0.15) is 26.2 Å².